The summed E-state index contributed by atoms with van der Waals surface area (Å²) in [6, 6.07) is 11.2. The van der Waals surface area contributed by atoms with Crippen LogP contribution in [0.1, 0.15) is 18.1 Å². The van der Waals surface area contributed by atoms with Gasteiger partial charge in [-0.2, -0.15) is 13.2 Å². The van der Waals surface area contributed by atoms with E-state index in [1.165, 1.54) is 12.1 Å². The fourth-order valence-electron chi connectivity index (χ4n) is 1.93. The minimum atomic E-state index is -4.38. The molecule has 0 radical (unpaired) electrons. The van der Waals surface area contributed by atoms with Gasteiger partial charge in [0.2, 0.25) is 0 Å². The van der Waals surface area contributed by atoms with Crippen molar-refractivity contribution in [3.05, 3.63) is 59.7 Å². The summed E-state index contributed by atoms with van der Waals surface area (Å²) >= 11 is 0. The molecule has 0 aromatic heterocycles. The Kier molecular flexibility index (Phi) is 5.68. The van der Waals surface area contributed by atoms with Crippen LogP contribution >= 0.6 is 0 Å². The van der Waals surface area contributed by atoms with Crippen molar-refractivity contribution in [3.63, 3.8) is 0 Å². The Balaban J connectivity index is 1.92. The second-order valence-corrected chi connectivity index (χ2v) is 4.82. The van der Waals surface area contributed by atoms with Crippen molar-refractivity contribution < 1.29 is 27.4 Å². The number of benzene rings is 2. The Morgan fingerprint density at radius 3 is 2.25 bits per heavy atom. The van der Waals surface area contributed by atoms with E-state index in [9.17, 15) is 18.0 Å². The zero-order chi connectivity index (χ0) is 17.6. The van der Waals surface area contributed by atoms with E-state index in [0.717, 1.165) is 12.1 Å². The molecule has 0 atom stereocenters. The van der Waals surface area contributed by atoms with E-state index in [4.69, 9.17) is 9.47 Å². The Bertz CT molecular complexity index is 684. The molecule has 4 nitrogen and oxygen atoms in total. The predicted octanol–water partition coefficient (Wildman–Crippen LogP) is 4.39. The molecule has 2 rings (SSSR count). The number of alkyl halides is 3. The number of hydrogen-bond acceptors (Lipinski definition) is 3. The first kappa shape index (κ1) is 17.7. The van der Waals surface area contributed by atoms with Crippen LogP contribution in [0, 0.1) is 0 Å². The van der Waals surface area contributed by atoms with Gasteiger partial charge in [-0.05, 0) is 36.8 Å². The fraction of sp³-hybridized carbons (Fsp3) is 0.235. The molecule has 0 bridgehead atoms. The van der Waals surface area contributed by atoms with Crippen LogP contribution in [0.25, 0.3) is 0 Å². The van der Waals surface area contributed by atoms with Gasteiger partial charge in [-0.15, -0.1) is 0 Å². The number of rotatable bonds is 5. The molecule has 2 aromatic carbocycles. The van der Waals surface area contributed by atoms with E-state index in [1.54, 1.807) is 24.3 Å². The van der Waals surface area contributed by atoms with Crippen molar-refractivity contribution in [2.24, 2.45) is 0 Å². The number of para-hydroxylation sites is 2. The first-order valence-corrected chi connectivity index (χ1v) is 7.24. The normalized spacial score (nSPS) is 11.0. The lowest BCUT2D eigenvalue weighted by molar-refractivity contribution is -0.137. The molecule has 0 heterocycles. The lowest BCUT2D eigenvalue weighted by atomic mass is 10.1. The van der Waals surface area contributed by atoms with E-state index in [1.807, 2.05) is 6.92 Å². The zero-order valence-electron chi connectivity index (χ0n) is 12.9. The average Bonchev–Trinajstić information content (AvgIpc) is 2.55. The summed E-state index contributed by atoms with van der Waals surface area (Å²) < 4.78 is 47.9. The summed E-state index contributed by atoms with van der Waals surface area (Å²) in [6.45, 7) is 2.28. The third-order valence-corrected chi connectivity index (χ3v) is 3.07. The van der Waals surface area contributed by atoms with Crippen molar-refractivity contribution in [1.29, 1.82) is 0 Å². The molecule has 0 saturated carbocycles. The maximum Gasteiger partial charge on any atom is 0.416 e. The van der Waals surface area contributed by atoms with Crippen LogP contribution in [-0.2, 0) is 12.7 Å². The van der Waals surface area contributed by atoms with Crippen molar-refractivity contribution in [2.45, 2.75) is 19.6 Å². The van der Waals surface area contributed by atoms with Crippen LogP contribution in [0.3, 0.4) is 0 Å². The molecule has 0 fully saturated rings. The van der Waals surface area contributed by atoms with Crippen LogP contribution in [0.4, 0.5) is 18.0 Å². The summed E-state index contributed by atoms with van der Waals surface area (Å²) in [6.07, 6.45) is -5.10. The lowest BCUT2D eigenvalue weighted by Crippen LogP contribution is -2.26. The molecule has 0 aliphatic heterocycles. The molecular formula is C17H16F3NO3. The van der Waals surface area contributed by atoms with Crippen LogP contribution in [0.5, 0.6) is 11.5 Å². The van der Waals surface area contributed by atoms with E-state index in [0.29, 0.717) is 17.9 Å². The quantitative estimate of drug-likeness (QED) is 0.879. The van der Waals surface area contributed by atoms with Gasteiger partial charge in [0, 0.05) is 6.54 Å². The van der Waals surface area contributed by atoms with Crippen molar-refractivity contribution in [3.8, 4) is 11.5 Å². The smallest absolute Gasteiger partial charge is 0.416 e. The third kappa shape index (κ3) is 4.91. The van der Waals surface area contributed by atoms with Crippen LogP contribution in [-0.4, -0.2) is 12.7 Å². The SMILES string of the molecule is CCOc1ccccc1OC(=O)NCc1ccc(C(F)(F)F)cc1. The van der Waals surface area contributed by atoms with Gasteiger partial charge in [0.25, 0.3) is 0 Å². The maximum atomic E-state index is 12.5. The average molecular weight is 339 g/mol. The number of carbonyl (C=O) groups is 1. The highest BCUT2D eigenvalue weighted by Gasteiger charge is 2.29. The number of carbonyl (C=O) groups excluding carboxylic acids is 1. The first-order valence-electron chi connectivity index (χ1n) is 7.24. The summed E-state index contributed by atoms with van der Waals surface area (Å²) in [7, 11) is 0. The summed E-state index contributed by atoms with van der Waals surface area (Å²) in [5, 5.41) is 2.48. The molecule has 0 unspecified atom stereocenters. The van der Waals surface area contributed by atoms with Gasteiger partial charge in [-0.25, -0.2) is 4.79 Å². The molecule has 0 aliphatic rings. The van der Waals surface area contributed by atoms with Gasteiger partial charge >= 0.3 is 12.3 Å². The van der Waals surface area contributed by atoms with Gasteiger partial charge in [0.1, 0.15) is 0 Å². The van der Waals surface area contributed by atoms with E-state index >= 15 is 0 Å². The van der Waals surface area contributed by atoms with Gasteiger partial charge in [0.15, 0.2) is 11.5 Å². The molecule has 0 aliphatic carbocycles. The van der Waals surface area contributed by atoms with E-state index < -0.39 is 17.8 Å². The van der Waals surface area contributed by atoms with Crippen LogP contribution < -0.4 is 14.8 Å². The zero-order valence-corrected chi connectivity index (χ0v) is 12.9. The highest BCUT2D eigenvalue weighted by atomic mass is 19.4. The van der Waals surface area contributed by atoms with Crippen molar-refractivity contribution in [2.75, 3.05) is 6.61 Å². The third-order valence-electron chi connectivity index (χ3n) is 3.07. The lowest BCUT2D eigenvalue weighted by Gasteiger charge is -2.11. The molecule has 7 heteroatoms. The predicted molar refractivity (Wildman–Crippen MR) is 81.9 cm³/mol. The van der Waals surface area contributed by atoms with Crippen LogP contribution in [0.2, 0.25) is 0 Å². The summed E-state index contributed by atoms with van der Waals surface area (Å²) in [5.74, 6) is 0.703. The van der Waals surface area contributed by atoms with Gasteiger partial charge in [-0.1, -0.05) is 24.3 Å². The fourth-order valence-corrected chi connectivity index (χ4v) is 1.93. The molecule has 0 spiro atoms. The molecular weight excluding hydrogens is 323 g/mol. The number of hydrogen-bond donors (Lipinski definition) is 1. The second kappa shape index (κ2) is 7.72. The standard InChI is InChI=1S/C17H16F3NO3/c1-2-23-14-5-3-4-6-15(14)24-16(22)21-11-12-7-9-13(10-8-12)17(18,19)20/h3-10H,2,11H2,1H3,(H,21,22). The highest BCUT2D eigenvalue weighted by Crippen LogP contribution is 2.29. The number of nitrogens with one attached hydrogen (secondary N) is 1. The Morgan fingerprint density at radius 2 is 1.67 bits per heavy atom. The maximum absolute atomic E-state index is 12.5. The monoisotopic (exact) mass is 339 g/mol. The Morgan fingerprint density at radius 1 is 1.04 bits per heavy atom. The molecule has 128 valence electrons. The van der Waals surface area contributed by atoms with E-state index in [2.05, 4.69) is 5.32 Å². The minimum Gasteiger partial charge on any atom is -0.490 e. The second-order valence-electron chi connectivity index (χ2n) is 4.82. The number of amides is 1. The minimum absolute atomic E-state index is 0.0494. The largest absolute Gasteiger partial charge is 0.490 e. The number of halogens is 3. The van der Waals surface area contributed by atoms with Crippen molar-refractivity contribution >= 4 is 6.09 Å². The topological polar surface area (TPSA) is 47.6 Å². The highest BCUT2D eigenvalue weighted by molar-refractivity contribution is 5.71. The molecule has 24 heavy (non-hydrogen) atoms. The Hall–Kier alpha value is -2.70. The summed E-state index contributed by atoms with van der Waals surface area (Å²) in [4.78, 5) is 11.8. The van der Waals surface area contributed by atoms with Crippen LogP contribution in [0.15, 0.2) is 48.5 Å². The molecule has 2 aromatic rings. The van der Waals surface area contributed by atoms with Crippen molar-refractivity contribution in [1.82, 2.24) is 5.32 Å². The van der Waals surface area contributed by atoms with E-state index in [-0.39, 0.29) is 12.3 Å². The van der Waals surface area contributed by atoms with Gasteiger partial charge < -0.3 is 14.8 Å². The molecule has 1 amide bonds. The first-order chi connectivity index (χ1) is 11.4. The molecule has 0 saturated heterocycles. The Labute approximate surface area is 137 Å². The number of ether oxygens (including phenoxy) is 2. The van der Waals surface area contributed by atoms with Gasteiger partial charge in [0.05, 0.1) is 12.2 Å². The molecule has 1 N–H and O–H groups in total. The summed E-state index contributed by atoms with van der Waals surface area (Å²) in [5.41, 5.74) is -0.211. The van der Waals surface area contributed by atoms with Gasteiger partial charge in [-0.3, -0.25) is 0 Å².